The molecule has 0 saturated heterocycles. The highest BCUT2D eigenvalue weighted by Gasteiger charge is 2.09. The van der Waals surface area contributed by atoms with Crippen molar-refractivity contribution in [1.29, 1.82) is 0 Å². The van der Waals surface area contributed by atoms with Crippen molar-refractivity contribution in [3.8, 4) is 0 Å². The number of hydrogen-bond donors (Lipinski definition) is 1. The van der Waals surface area contributed by atoms with Gasteiger partial charge in [0, 0.05) is 11.3 Å². The van der Waals surface area contributed by atoms with Gasteiger partial charge in [0.2, 0.25) is 0 Å². The van der Waals surface area contributed by atoms with Gasteiger partial charge in [-0.05, 0) is 30.3 Å². The van der Waals surface area contributed by atoms with E-state index in [1.54, 1.807) is 18.2 Å². The zero-order valence-electron chi connectivity index (χ0n) is 9.76. The molecule has 2 aromatic carbocycles. The van der Waals surface area contributed by atoms with E-state index in [2.05, 4.69) is 10.3 Å². The van der Waals surface area contributed by atoms with Crippen LogP contribution in [0.4, 0.5) is 5.69 Å². The minimum Gasteiger partial charge on any atom is -0.322 e. The van der Waals surface area contributed by atoms with E-state index in [-0.39, 0.29) is 5.91 Å². The maximum Gasteiger partial charge on any atom is 0.255 e. The lowest BCUT2D eigenvalue weighted by molar-refractivity contribution is 0.102. The summed E-state index contributed by atoms with van der Waals surface area (Å²) >= 11 is 7.22. The standard InChI is InChI=1S/C14H9ClN2OS/c15-14-17-11-7-6-9(8-12(11)19-14)13(18)16-10-4-2-1-3-5-10/h1-8H,(H,16,18). The van der Waals surface area contributed by atoms with Crippen molar-refractivity contribution in [2.45, 2.75) is 0 Å². The Morgan fingerprint density at radius 1 is 1.16 bits per heavy atom. The normalized spacial score (nSPS) is 10.6. The molecule has 1 N–H and O–H groups in total. The highest BCUT2D eigenvalue weighted by molar-refractivity contribution is 7.22. The molecule has 19 heavy (non-hydrogen) atoms. The second kappa shape index (κ2) is 4.99. The van der Waals surface area contributed by atoms with Gasteiger partial charge in [-0.2, -0.15) is 0 Å². The third-order valence-electron chi connectivity index (χ3n) is 2.66. The first-order valence-corrected chi connectivity index (χ1v) is 6.84. The van der Waals surface area contributed by atoms with E-state index in [0.29, 0.717) is 10.0 Å². The molecule has 1 heterocycles. The summed E-state index contributed by atoms with van der Waals surface area (Å²) in [5, 5.41) is 2.84. The van der Waals surface area contributed by atoms with E-state index in [1.165, 1.54) is 11.3 Å². The minimum absolute atomic E-state index is 0.141. The number of rotatable bonds is 2. The predicted octanol–water partition coefficient (Wildman–Crippen LogP) is 4.20. The van der Waals surface area contributed by atoms with Gasteiger partial charge in [-0.3, -0.25) is 4.79 Å². The molecule has 94 valence electrons. The molecule has 5 heteroatoms. The molecule has 0 aliphatic rings. The molecular weight excluding hydrogens is 280 g/mol. The molecule has 0 aliphatic carbocycles. The van der Waals surface area contributed by atoms with Crippen molar-refractivity contribution in [2.24, 2.45) is 0 Å². The van der Waals surface area contributed by atoms with E-state index in [9.17, 15) is 4.79 Å². The van der Waals surface area contributed by atoms with E-state index >= 15 is 0 Å². The quantitative estimate of drug-likeness (QED) is 0.768. The number of amides is 1. The topological polar surface area (TPSA) is 42.0 Å². The SMILES string of the molecule is O=C(Nc1ccccc1)c1ccc2nc(Cl)sc2c1. The molecule has 3 aromatic rings. The average Bonchev–Trinajstić information content (AvgIpc) is 2.78. The van der Waals surface area contributed by atoms with Crippen LogP contribution in [0.1, 0.15) is 10.4 Å². The molecule has 1 amide bonds. The van der Waals surface area contributed by atoms with Gasteiger partial charge in [0.15, 0.2) is 4.47 Å². The van der Waals surface area contributed by atoms with E-state index < -0.39 is 0 Å². The Balaban J connectivity index is 1.89. The van der Waals surface area contributed by atoms with Crippen LogP contribution in [0.3, 0.4) is 0 Å². The van der Waals surface area contributed by atoms with Crippen LogP contribution in [-0.4, -0.2) is 10.9 Å². The Hall–Kier alpha value is -1.91. The summed E-state index contributed by atoms with van der Waals surface area (Å²) in [5.41, 5.74) is 2.18. The molecule has 0 aliphatic heterocycles. The number of halogens is 1. The van der Waals surface area contributed by atoms with Crippen molar-refractivity contribution in [3.63, 3.8) is 0 Å². The number of hydrogen-bond acceptors (Lipinski definition) is 3. The lowest BCUT2D eigenvalue weighted by Crippen LogP contribution is -2.11. The maximum atomic E-state index is 12.1. The molecule has 3 nitrogen and oxygen atoms in total. The predicted molar refractivity (Wildman–Crippen MR) is 79.0 cm³/mol. The maximum absolute atomic E-state index is 12.1. The summed E-state index contributed by atoms with van der Waals surface area (Å²) in [4.78, 5) is 16.3. The van der Waals surface area contributed by atoms with Crippen molar-refractivity contribution >= 4 is 44.7 Å². The van der Waals surface area contributed by atoms with Gasteiger partial charge in [-0.15, -0.1) is 11.3 Å². The van der Waals surface area contributed by atoms with Crippen LogP contribution >= 0.6 is 22.9 Å². The number of benzene rings is 2. The molecule has 0 radical (unpaired) electrons. The summed E-state index contributed by atoms with van der Waals surface area (Å²) in [6.07, 6.45) is 0. The average molecular weight is 289 g/mol. The monoisotopic (exact) mass is 288 g/mol. The van der Waals surface area contributed by atoms with Crippen molar-refractivity contribution in [2.75, 3.05) is 5.32 Å². The van der Waals surface area contributed by atoms with Gasteiger partial charge in [-0.25, -0.2) is 4.98 Å². The Labute approximate surface area is 118 Å². The molecule has 0 spiro atoms. The van der Waals surface area contributed by atoms with Gasteiger partial charge in [0.1, 0.15) is 0 Å². The zero-order chi connectivity index (χ0) is 13.2. The number of fused-ring (bicyclic) bond motifs is 1. The molecule has 0 bridgehead atoms. The lowest BCUT2D eigenvalue weighted by atomic mass is 10.2. The highest BCUT2D eigenvalue weighted by Crippen LogP contribution is 2.26. The molecule has 0 fully saturated rings. The van der Waals surface area contributed by atoms with E-state index in [0.717, 1.165) is 15.9 Å². The second-order valence-electron chi connectivity index (χ2n) is 3.97. The smallest absolute Gasteiger partial charge is 0.255 e. The fraction of sp³-hybridized carbons (Fsp3) is 0. The number of carbonyl (C=O) groups is 1. The van der Waals surface area contributed by atoms with Crippen LogP contribution in [-0.2, 0) is 0 Å². The fourth-order valence-corrected chi connectivity index (χ4v) is 2.83. The van der Waals surface area contributed by atoms with Gasteiger partial charge in [0.05, 0.1) is 10.2 Å². The Morgan fingerprint density at radius 3 is 2.74 bits per heavy atom. The molecular formula is C14H9ClN2OS. The summed E-state index contributed by atoms with van der Waals surface area (Å²) in [7, 11) is 0. The summed E-state index contributed by atoms with van der Waals surface area (Å²) in [6.45, 7) is 0. The Morgan fingerprint density at radius 2 is 1.95 bits per heavy atom. The van der Waals surface area contributed by atoms with Crippen LogP contribution < -0.4 is 5.32 Å². The zero-order valence-corrected chi connectivity index (χ0v) is 11.3. The Kier molecular flexibility index (Phi) is 3.19. The van der Waals surface area contributed by atoms with Gasteiger partial charge in [-0.1, -0.05) is 29.8 Å². The number of thiazole rings is 1. The largest absolute Gasteiger partial charge is 0.322 e. The molecule has 0 unspecified atom stereocenters. The Bertz CT molecular complexity index is 740. The number of nitrogens with zero attached hydrogens (tertiary/aromatic N) is 1. The number of nitrogens with one attached hydrogen (secondary N) is 1. The van der Waals surface area contributed by atoms with Crippen LogP contribution in [0.5, 0.6) is 0 Å². The fourth-order valence-electron chi connectivity index (χ4n) is 1.76. The van der Waals surface area contributed by atoms with Gasteiger partial charge >= 0.3 is 0 Å². The van der Waals surface area contributed by atoms with Crippen LogP contribution in [0.2, 0.25) is 4.47 Å². The summed E-state index contributed by atoms with van der Waals surface area (Å²) in [6, 6.07) is 14.7. The van der Waals surface area contributed by atoms with Crippen molar-refractivity contribution in [1.82, 2.24) is 4.98 Å². The number of carbonyl (C=O) groups excluding carboxylic acids is 1. The van der Waals surface area contributed by atoms with Crippen molar-refractivity contribution in [3.05, 3.63) is 58.6 Å². The van der Waals surface area contributed by atoms with Crippen molar-refractivity contribution < 1.29 is 4.79 Å². The third-order valence-corrected chi connectivity index (χ3v) is 3.78. The first-order chi connectivity index (χ1) is 9.22. The summed E-state index contributed by atoms with van der Waals surface area (Å²) in [5.74, 6) is -0.141. The van der Waals surface area contributed by atoms with Gasteiger partial charge in [0.25, 0.3) is 5.91 Å². The second-order valence-corrected chi connectivity index (χ2v) is 5.58. The number of anilines is 1. The minimum atomic E-state index is -0.141. The lowest BCUT2D eigenvalue weighted by Gasteiger charge is -2.04. The highest BCUT2D eigenvalue weighted by atomic mass is 35.5. The molecule has 3 rings (SSSR count). The van der Waals surface area contributed by atoms with E-state index in [1.807, 2.05) is 30.3 Å². The van der Waals surface area contributed by atoms with E-state index in [4.69, 9.17) is 11.6 Å². The summed E-state index contributed by atoms with van der Waals surface area (Å²) < 4.78 is 1.39. The number of para-hydroxylation sites is 1. The third kappa shape index (κ3) is 2.59. The van der Waals surface area contributed by atoms with Crippen LogP contribution in [0, 0.1) is 0 Å². The van der Waals surface area contributed by atoms with Crippen LogP contribution in [0.25, 0.3) is 10.2 Å². The first-order valence-electron chi connectivity index (χ1n) is 5.65. The first kappa shape index (κ1) is 12.1. The van der Waals surface area contributed by atoms with Gasteiger partial charge < -0.3 is 5.32 Å². The van der Waals surface area contributed by atoms with Crippen LogP contribution in [0.15, 0.2) is 48.5 Å². The molecule has 1 aromatic heterocycles. The number of aromatic nitrogens is 1. The molecule has 0 saturated carbocycles. The molecule has 0 atom stereocenters.